The Morgan fingerprint density at radius 2 is 2.03 bits per heavy atom. The number of halogens is 1. The van der Waals surface area contributed by atoms with Crippen molar-refractivity contribution >= 4 is 35.8 Å². The number of carbonyl (C=O) groups is 1. The molecular weight excluding hydrogens is 511 g/mol. The number of likely N-dealkylation sites (N-methyl/N-ethyl adjacent to an activating group) is 1. The SMILES string of the molecule is CN=C(NCCCOCC1CCOCC1)NCc1cccc(OCC(=O)N(C)C)c1.I. The van der Waals surface area contributed by atoms with Crippen LogP contribution in [0.4, 0.5) is 0 Å². The summed E-state index contributed by atoms with van der Waals surface area (Å²) in [5.74, 6) is 1.99. The normalized spacial score (nSPS) is 14.5. The van der Waals surface area contributed by atoms with Crippen molar-refractivity contribution in [1.29, 1.82) is 0 Å². The third kappa shape index (κ3) is 11.6. The van der Waals surface area contributed by atoms with Gasteiger partial charge in [-0.05, 0) is 42.9 Å². The molecule has 1 fully saturated rings. The minimum atomic E-state index is -0.0696. The Labute approximate surface area is 203 Å². The van der Waals surface area contributed by atoms with Crippen LogP contribution in [0.3, 0.4) is 0 Å². The molecule has 0 radical (unpaired) electrons. The lowest BCUT2D eigenvalue weighted by atomic mass is 10.0. The molecule has 0 saturated carbocycles. The summed E-state index contributed by atoms with van der Waals surface area (Å²) in [4.78, 5) is 17.4. The average Bonchev–Trinajstić information content (AvgIpc) is 2.77. The number of ether oxygens (including phenoxy) is 3. The van der Waals surface area contributed by atoms with Crippen LogP contribution in [0.25, 0.3) is 0 Å². The van der Waals surface area contributed by atoms with E-state index < -0.39 is 0 Å². The first-order chi connectivity index (χ1) is 14.6. The molecule has 1 saturated heterocycles. The van der Waals surface area contributed by atoms with Crippen LogP contribution in [0.1, 0.15) is 24.8 Å². The van der Waals surface area contributed by atoms with E-state index in [4.69, 9.17) is 14.2 Å². The molecule has 1 amide bonds. The van der Waals surface area contributed by atoms with E-state index in [0.717, 1.165) is 63.8 Å². The van der Waals surface area contributed by atoms with Crippen LogP contribution < -0.4 is 15.4 Å². The third-order valence-electron chi connectivity index (χ3n) is 4.90. The van der Waals surface area contributed by atoms with Crippen LogP contribution in [0, 0.1) is 5.92 Å². The number of benzene rings is 1. The van der Waals surface area contributed by atoms with Gasteiger partial charge in [0.25, 0.3) is 5.91 Å². The molecule has 1 heterocycles. The van der Waals surface area contributed by atoms with Crippen molar-refractivity contribution in [1.82, 2.24) is 15.5 Å². The number of rotatable bonds is 11. The Bertz CT molecular complexity index is 667. The highest BCUT2D eigenvalue weighted by Crippen LogP contribution is 2.15. The van der Waals surface area contributed by atoms with Gasteiger partial charge in [-0.1, -0.05) is 12.1 Å². The summed E-state index contributed by atoms with van der Waals surface area (Å²) in [5.41, 5.74) is 1.05. The Morgan fingerprint density at radius 3 is 2.74 bits per heavy atom. The second-order valence-electron chi connectivity index (χ2n) is 7.56. The summed E-state index contributed by atoms with van der Waals surface area (Å²) >= 11 is 0. The highest BCUT2D eigenvalue weighted by molar-refractivity contribution is 14.0. The summed E-state index contributed by atoms with van der Waals surface area (Å²) in [6, 6.07) is 7.69. The third-order valence-corrected chi connectivity index (χ3v) is 4.90. The fourth-order valence-electron chi connectivity index (χ4n) is 2.97. The van der Waals surface area contributed by atoms with Gasteiger partial charge in [-0.3, -0.25) is 9.79 Å². The van der Waals surface area contributed by atoms with Crippen LogP contribution in [0.2, 0.25) is 0 Å². The molecular formula is C22H37IN4O4. The quantitative estimate of drug-likeness (QED) is 0.191. The summed E-state index contributed by atoms with van der Waals surface area (Å²) in [5, 5.41) is 6.59. The zero-order valence-corrected chi connectivity index (χ0v) is 21.2. The Kier molecular flexibility index (Phi) is 14.3. The van der Waals surface area contributed by atoms with E-state index in [2.05, 4.69) is 15.6 Å². The van der Waals surface area contributed by atoms with Crippen molar-refractivity contribution in [2.45, 2.75) is 25.8 Å². The summed E-state index contributed by atoms with van der Waals surface area (Å²) in [6.45, 7) is 4.73. The maximum Gasteiger partial charge on any atom is 0.259 e. The molecule has 176 valence electrons. The monoisotopic (exact) mass is 548 g/mol. The average molecular weight is 548 g/mol. The number of nitrogens with one attached hydrogen (secondary N) is 2. The molecule has 1 aliphatic heterocycles. The van der Waals surface area contributed by atoms with E-state index >= 15 is 0 Å². The lowest BCUT2D eigenvalue weighted by Crippen LogP contribution is -2.37. The zero-order valence-electron chi connectivity index (χ0n) is 18.9. The first-order valence-corrected chi connectivity index (χ1v) is 10.6. The van der Waals surface area contributed by atoms with Crippen molar-refractivity contribution in [2.24, 2.45) is 10.9 Å². The first kappa shape index (κ1) is 27.4. The van der Waals surface area contributed by atoms with Crippen LogP contribution in [0.5, 0.6) is 5.75 Å². The molecule has 31 heavy (non-hydrogen) atoms. The van der Waals surface area contributed by atoms with Gasteiger partial charge in [-0.25, -0.2) is 0 Å². The molecule has 1 aromatic rings. The molecule has 0 atom stereocenters. The molecule has 0 unspecified atom stereocenters. The van der Waals surface area contributed by atoms with Crippen LogP contribution in [0.15, 0.2) is 29.3 Å². The standard InChI is InChI=1S/C22H36N4O4.HI/c1-23-22(24-10-5-11-29-16-18-8-12-28-13-9-18)25-15-19-6-4-7-20(14-19)30-17-21(27)26(2)3;/h4,6-7,14,18H,5,8-13,15-17H2,1-3H3,(H2,23,24,25);1H. The predicted molar refractivity (Wildman–Crippen MR) is 133 cm³/mol. The summed E-state index contributed by atoms with van der Waals surface area (Å²) in [6.07, 6.45) is 3.13. The number of guanidine groups is 1. The smallest absolute Gasteiger partial charge is 0.259 e. The van der Waals surface area contributed by atoms with E-state index in [9.17, 15) is 4.79 Å². The number of amides is 1. The molecule has 0 bridgehead atoms. The fraction of sp³-hybridized carbons (Fsp3) is 0.636. The molecule has 8 nitrogen and oxygen atoms in total. The minimum Gasteiger partial charge on any atom is -0.484 e. The molecule has 0 aromatic heterocycles. The van der Waals surface area contributed by atoms with Gasteiger partial charge in [-0.2, -0.15) is 0 Å². The Balaban J connectivity index is 0.00000480. The van der Waals surface area contributed by atoms with Gasteiger partial charge in [0.05, 0.1) is 0 Å². The predicted octanol–water partition coefficient (Wildman–Crippen LogP) is 2.27. The highest BCUT2D eigenvalue weighted by atomic mass is 127. The van der Waals surface area contributed by atoms with E-state index in [-0.39, 0.29) is 36.5 Å². The van der Waals surface area contributed by atoms with Crippen molar-refractivity contribution in [2.75, 3.05) is 60.7 Å². The van der Waals surface area contributed by atoms with Crippen molar-refractivity contribution in [3.8, 4) is 5.75 Å². The second kappa shape index (κ2) is 16.1. The molecule has 2 rings (SSSR count). The van der Waals surface area contributed by atoms with Crippen molar-refractivity contribution < 1.29 is 19.0 Å². The fourth-order valence-corrected chi connectivity index (χ4v) is 2.97. The van der Waals surface area contributed by atoms with Gasteiger partial charge in [0, 0.05) is 60.7 Å². The number of hydrogen-bond acceptors (Lipinski definition) is 5. The number of nitrogens with zero attached hydrogens (tertiary/aromatic N) is 2. The second-order valence-corrected chi connectivity index (χ2v) is 7.56. The maximum absolute atomic E-state index is 11.7. The van der Waals surface area contributed by atoms with Crippen molar-refractivity contribution in [3.63, 3.8) is 0 Å². The Morgan fingerprint density at radius 1 is 1.26 bits per heavy atom. The van der Waals surface area contributed by atoms with Crippen LogP contribution >= 0.6 is 24.0 Å². The van der Waals surface area contributed by atoms with Gasteiger partial charge in [0.15, 0.2) is 12.6 Å². The van der Waals surface area contributed by atoms with Gasteiger partial charge in [0.2, 0.25) is 0 Å². The minimum absolute atomic E-state index is 0. The van der Waals surface area contributed by atoms with E-state index in [1.807, 2.05) is 24.3 Å². The molecule has 1 aliphatic rings. The molecule has 0 aliphatic carbocycles. The lowest BCUT2D eigenvalue weighted by Gasteiger charge is -2.21. The van der Waals surface area contributed by atoms with E-state index in [0.29, 0.717) is 18.2 Å². The largest absolute Gasteiger partial charge is 0.484 e. The lowest BCUT2D eigenvalue weighted by molar-refractivity contribution is -0.130. The van der Waals surface area contributed by atoms with Crippen molar-refractivity contribution in [3.05, 3.63) is 29.8 Å². The first-order valence-electron chi connectivity index (χ1n) is 10.6. The maximum atomic E-state index is 11.7. The van der Waals surface area contributed by atoms with E-state index in [1.165, 1.54) is 4.90 Å². The van der Waals surface area contributed by atoms with Crippen LogP contribution in [-0.2, 0) is 20.8 Å². The van der Waals surface area contributed by atoms with Crippen LogP contribution in [-0.4, -0.2) is 77.5 Å². The molecule has 0 spiro atoms. The number of hydrogen-bond donors (Lipinski definition) is 2. The zero-order chi connectivity index (χ0) is 21.6. The highest BCUT2D eigenvalue weighted by Gasteiger charge is 2.13. The molecule has 1 aromatic carbocycles. The topological polar surface area (TPSA) is 84.4 Å². The summed E-state index contributed by atoms with van der Waals surface area (Å²) in [7, 11) is 5.18. The van der Waals surface area contributed by atoms with E-state index in [1.54, 1.807) is 21.1 Å². The molecule has 9 heteroatoms. The van der Waals surface area contributed by atoms with Gasteiger partial charge < -0.3 is 29.7 Å². The number of carbonyl (C=O) groups excluding carboxylic acids is 1. The van der Waals surface area contributed by atoms with Gasteiger partial charge in [-0.15, -0.1) is 24.0 Å². The molecule has 2 N–H and O–H groups in total. The van der Waals surface area contributed by atoms with Gasteiger partial charge >= 0.3 is 0 Å². The van der Waals surface area contributed by atoms with Gasteiger partial charge in [0.1, 0.15) is 5.75 Å². The Hall–Kier alpha value is -1.59. The number of aliphatic imine (C=N–C) groups is 1. The summed E-state index contributed by atoms with van der Waals surface area (Å²) < 4.78 is 16.7.